The largest absolute Gasteiger partial charge is 0.338 e. The minimum Gasteiger partial charge on any atom is -0.338 e. The molecule has 4 nitrogen and oxygen atoms in total. The Morgan fingerprint density at radius 2 is 1.93 bits per heavy atom. The second-order valence-corrected chi connectivity index (χ2v) is 9.51. The van der Waals surface area contributed by atoms with Crippen LogP contribution in [0.3, 0.4) is 0 Å². The van der Waals surface area contributed by atoms with E-state index in [4.69, 9.17) is 23.2 Å². The molecule has 0 aliphatic carbocycles. The van der Waals surface area contributed by atoms with Crippen molar-refractivity contribution in [3.8, 4) is 10.6 Å². The number of carbonyl (C=O) groups excluding carboxylic acids is 1. The first-order valence-corrected chi connectivity index (χ1v) is 11.8. The van der Waals surface area contributed by atoms with Crippen molar-refractivity contribution in [2.24, 2.45) is 0 Å². The Morgan fingerprint density at radius 1 is 1.10 bits per heavy atom. The van der Waals surface area contributed by atoms with Crippen molar-refractivity contribution in [1.29, 1.82) is 0 Å². The molecule has 3 rings (SSSR count). The topological polar surface area (TPSA) is 36.4 Å². The van der Waals surface area contributed by atoms with Gasteiger partial charge in [0, 0.05) is 29.4 Å². The lowest BCUT2D eigenvalue weighted by Crippen LogP contribution is -2.34. The van der Waals surface area contributed by atoms with E-state index in [0.717, 1.165) is 34.8 Å². The van der Waals surface area contributed by atoms with E-state index in [1.165, 1.54) is 0 Å². The van der Waals surface area contributed by atoms with Crippen LogP contribution in [0, 0.1) is 0 Å². The molecule has 2 aromatic heterocycles. The predicted molar refractivity (Wildman–Crippen MR) is 124 cm³/mol. The van der Waals surface area contributed by atoms with Crippen LogP contribution in [0.2, 0.25) is 10.0 Å². The van der Waals surface area contributed by atoms with Gasteiger partial charge in [0.05, 0.1) is 22.2 Å². The number of thiophene rings is 1. The summed E-state index contributed by atoms with van der Waals surface area (Å²) in [5.41, 5.74) is 2.89. The molecule has 2 heterocycles. The molecule has 0 bridgehead atoms. The smallest absolute Gasteiger partial charge is 0.228 e. The summed E-state index contributed by atoms with van der Waals surface area (Å²) in [6, 6.07) is 7.56. The van der Waals surface area contributed by atoms with Gasteiger partial charge in [-0.15, -0.1) is 11.3 Å². The molecular formula is C21H23Cl2N3OS2. The number of hydrogen-bond acceptors (Lipinski definition) is 5. The quantitative estimate of drug-likeness (QED) is 0.404. The van der Waals surface area contributed by atoms with Gasteiger partial charge in [0.25, 0.3) is 0 Å². The Morgan fingerprint density at radius 3 is 2.62 bits per heavy atom. The fraction of sp³-hybridized carbons (Fsp3) is 0.333. The van der Waals surface area contributed by atoms with Crippen LogP contribution in [0.4, 0.5) is 0 Å². The summed E-state index contributed by atoms with van der Waals surface area (Å²) >= 11 is 15.4. The van der Waals surface area contributed by atoms with Crippen LogP contribution in [0.25, 0.3) is 10.6 Å². The zero-order chi connectivity index (χ0) is 20.8. The molecule has 0 fully saturated rings. The van der Waals surface area contributed by atoms with E-state index in [9.17, 15) is 4.79 Å². The number of amides is 1. The molecule has 0 radical (unpaired) electrons. The first-order valence-electron chi connectivity index (χ1n) is 9.26. The van der Waals surface area contributed by atoms with Crippen molar-refractivity contribution in [2.75, 3.05) is 27.2 Å². The first kappa shape index (κ1) is 22.2. The Labute approximate surface area is 189 Å². The lowest BCUT2D eigenvalue weighted by Gasteiger charge is -2.24. The molecule has 0 aliphatic heterocycles. The molecule has 0 saturated heterocycles. The number of hydrogen-bond donors (Lipinski definition) is 0. The molecule has 0 atom stereocenters. The highest BCUT2D eigenvalue weighted by Crippen LogP contribution is 2.26. The third-order valence-electron chi connectivity index (χ3n) is 4.40. The van der Waals surface area contributed by atoms with Crippen LogP contribution in [0.15, 0.2) is 40.4 Å². The highest BCUT2D eigenvalue weighted by molar-refractivity contribution is 7.14. The molecule has 29 heavy (non-hydrogen) atoms. The van der Waals surface area contributed by atoms with Crippen LogP contribution in [0.5, 0.6) is 0 Å². The van der Waals surface area contributed by atoms with Gasteiger partial charge in [-0.2, -0.15) is 11.3 Å². The van der Waals surface area contributed by atoms with Crippen molar-refractivity contribution in [2.45, 2.75) is 19.4 Å². The van der Waals surface area contributed by atoms with E-state index in [-0.39, 0.29) is 5.91 Å². The number of rotatable bonds is 9. The minimum atomic E-state index is 0.0667. The summed E-state index contributed by atoms with van der Waals surface area (Å²) in [6.45, 7) is 2.10. The van der Waals surface area contributed by atoms with Gasteiger partial charge in [-0.3, -0.25) is 4.79 Å². The molecule has 3 aromatic rings. The Hall–Kier alpha value is -1.44. The zero-order valence-electron chi connectivity index (χ0n) is 16.4. The van der Waals surface area contributed by atoms with E-state index in [1.54, 1.807) is 28.7 Å². The van der Waals surface area contributed by atoms with Gasteiger partial charge >= 0.3 is 0 Å². The molecule has 0 unspecified atom stereocenters. The standard InChI is InChI=1S/C21H23Cl2N3OS2/c1-25(2)7-3-8-26(12-15-4-5-18(22)19(23)10-15)20(27)11-17-14-29-21(24-17)16-6-9-28-13-16/h4-6,9-10,13-14H,3,7-8,11-12H2,1-2H3. The van der Waals surface area contributed by atoms with Gasteiger partial charge in [0.2, 0.25) is 5.91 Å². The van der Waals surface area contributed by atoms with Crippen LogP contribution in [0.1, 0.15) is 17.7 Å². The summed E-state index contributed by atoms with van der Waals surface area (Å²) in [6.07, 6.45) is 1.20. The van der Waals surface area contributed by atoms with Crippen LogP contribution in [-0.2, 0) is 17.8 Å². The first-order chi connectivity index (χ1) is 13.9. The van der Waals surface area contributed by atoms with Crippen LogP contribution in [-0.4, -0.2) is 47.9 Å². The van der Waals surface area contributed by atoms with Crippen molar-refractivity contribution >= 4 is 51.8 Å². The average molecular weight is 468 g/mol. The number of halogens is 2. The minimum absolute atomic E-state index is 0.0667. The summed E-state index contributed by atoms with van der Waals surface area (Å²) in [5.74, 6) is 0.0667. The monoisotopic (exact) mass is 467 g/mol. The van der Waals surface area contributed by atoms with Gasteiger partial charge in [-0.05, 0) is 56.2 Å². The van der Waals surface area contributed by atoms with Gasteiger partial charge < -0.3 is 9.80 Å². The molecule has 154 valence electrons. The number of aromatic nitrogens is 1. The second kappa shape index (κ2) is 10.5. The maximum absolute atomic E-state index is 13.1. The van der Waals surface area contributed by atoms with E-state index in [0.29, 0.717) is 29.6 Å². The summed E-state index contributed by atoms with van der Waals surface area (Å²) in [4.78, 5) is 21.7. The highest BCUT2D eigenvalue weighted by atomic mass is 35.5. The van der Waals surface area contributed by atoms with Crippen LogP contribution < -0.4 is 0 Å². The van der Waals surface area contributed by atoms with E-state index in [2.05, 4.69) is 15.3 Å². The number of nitrogens with zero attached hydrogens (tertiary/aromatic N) is 3. The summed E-state index contributed by atoms with van der Waals surface area (Å²) < 4.78 is 0. The average Bonchev–Trinajstić information content (AvgIpc) is 3.35. The fourth-order valence-electron chi connectivity index (χ4n) is 2.90. The van der Waals surface area contributed by atoms with Gasteiger partial charge in [0.1, 0.15) is 5.01 Å². The second-order valence-electron chi connectivity index (χ2n) is 7.05. The maximum atomic E-state index is 13.1. The maximum Gasteiger partial charge on any atom is 0.228 e. The SMILES string of the molecule is CN(C)CCCN(Cc1ccc(Cl)c(Cl)c1)C(=O)Cc1csc(-c2ccsc2)n1. The molecule has 1 aromatic carbocycles. The Kier molecular flexibility index (Phi) is 8.09. The zero-order valence-corrected chi connectivity index (χ0v) is 19.5. The van der Waals surface area contributed by atoms with Crippen LogP contribution >= 0.6 is 45.9 Å². The van der Waals surface area contributed by atoms with Crippen molar-refractivity contribution in [1.82, 2.24) is 14.8 Å². The van der Waals surface area contributed by atoms with E-state index < -0.39 is 0 Å². The Bertz CT molecular complexity index is 941. The molecular weight excluding hydrogens is 445 g/mol. The molecule has 0 spiro atoms. The summed E-state index contributed by atoms with van der Waals surface area (Å²) in [7, 11) is 4.07. The normalized spacial score (nSPS) is 11.2. The third-order valence-corrected chi connectivity index (χ3v) is 6.76. The van der Waals surface area contributed by atoms with E-state index in [1.807, 2.05) is 48.0 Å². The predicted octanol–water partition coefficient (Wildman–Crippen LogP) is 5.70. The number of thiazole rings is 1. The lowest BCUT2D eigenvalue weighted by molar-refractivity contribution is -0.131. The summed E-state index contributed by atoms with van der Waals surface area (Å²) in [5, 5.41) is 8.06. The van der Waals surface area contributed by atoms with Crippen molar-refractivity contribution < 1.29 is 4.79 Å². The number of carbonyl (C=O) groups is 1. The molecule has 1 amide bonds. The van der Waals surface area contributed by atoms with E-state index >= 15 is 0 Å². The fourth-order valence-corrected chi connectivity index (χ4v) is 4.75. The van der Waals surface area contributed by atoms with Gasteiger partial charge in [-0.1, -0.05) is 29.3 Å². The van der Waals surface area contributed by atoms with Gasteiger partial charge in [-0.25, -0.2) is 4.98 Å². The lowest BCUT2D eigenvalue weighted by atomic mass is 10.2. The van der Waals surface area contributed by atoms with Gasteiger partial charge in [0.15, 0.2) is 0 Å². The molecule has 0 saturated carbocycles. The molecule has 8 heteroatoms. The highest BCUT2D eigenvalue weighted by Gasteiger charge is 2.17. The van der Waals surface area contributed by atoms with Crippen molar-refractivity contribution in [3.05, 3.63) is 61.7 Å². The molecule has 0 aliphatic rings. The third kappa shape index (κ3) is 6.52. The van der Waals surface area contributed by atoms with Crippen molar-refractivity contribution in [3.63, 3.8) is 0 Å². The number of benzene rings is 1. The molecule has 0 N–H and O–H groups in total. The Balaban J connectivity index is 1.70.